The Morgan fingerprint density at radius 3 is 2.59 bits per heavy atom. The normalized spacial score (nSPS) is 18.9. The molecule has 5 heterocycles. The van der Waals surface area contributed by atoms with E-state index in [0.717, 1.165) is 25.5 Å². The number of nitrogens with zero attached hydrogens (tertiary/aromatic N) is 3. The molecule has 200 valence electrons. The molecule has 3 aromatic rings. The van der Waals surface area contributed by atoms with Crippen molar-refractivity contribution in [1.82, 2.24) is 25.0 Å². The number of aromatic nitrogens is 3. The Hall–Kier alpha value is -3.32. The molecule has 8 nitrogen and oxygen atoms in total. The summed E-state index contributed by atoms with van der Waals surface area (Å²) in [4.78, 5) is 20.8. The Morgan fingerprint density at radius 2 is 1.97 bits per heavy atom. The second-order valence-corrected chi connectivity index (χ2v) is 8.65. The molecule has 2 aliphatic rings. The molecule has 1 amide bonds. The van der Waals surface area contributed by atoms with Crippen molar-refractivity contribution >= 4 is 17.4 Å². The van der Waals surface area contributed by atoms with Gasteiger partial charge in [-0.1, -0.05) is 13.8 Å². The van der Waals surface area contributed by atoms with E-state index in [1.807, 2.05) is 19.2 Å². The van der Waals surface area contributed by atoms with Crippen molar-refractivity contribution < 1.29 is 31.5 Å². The smallest absolute Gasteiger partial charge is 0.376 e. The second kappa shape index (κ2) is 10.6. The van der Waals surface area contributed by atoms with E-state index in [2.05, 4.69) is 25.3 Å². The monoisotopic (exact) mass is 526 g/mol. The van der Waals surface area contributed by atoms with Crippen LogP contribution in [0.2, 0.25) is 0 Å². The molecular formula is C24H27F5N6O2. The molecule has 2 saturated heterocycles. The Balaban J connectivity index is 0.00000156. The first kappa shape index (κ1) is 26.7. The fourth-order valence-electron chi connectivity index (χ4n) is 4.12. The highest BCUT2D eigenvalue weighted by Crippen LogP contribution is 2.36. The largest absolute Gasteiger partial charge is 0.416 e. The number of fused-ring (bicyclic) bond motifs is 1. The van der Waals surface area contributed by atoms with Gasteiger partial charge in [0.15, 0.2) is 23.0 Å². The highest BCUT2D eigenvalue weighted by molar-refractivity contribution is 5.95. The fourth-order valence-corrected chi connectivity index (χ4v) is 4.12. The first-order valence-electron chi connectivity index (χ1n) is 11.9. The highest BCUT2D eigenvalue weighted by Gasteiger charge is 2.61. The van der Waals surface area contributed by atoms with Crippen LogP contribution in [0, 0.1) is 11.6 Å². The van der Waals surface area contributed by atoms with Crippen molar-refractivity contribution in [2.75, 3.05) is 31.6 Å². The molecule has 13 heteroatoms. The van der Waals surface area contributed by atoms with Crippen LogP contribution < -0.4 is 16.0 Å². The Labute approximate surface area is 209 Å². The third-order valence-electron chi connectivity index (χ3n) is 6.18. The number of ether oxygens (including phenoxy) is 1. The van der Waals surface area contributed by atoms with E-state index in [1.54, 1.807) is 0 Å². The van der Waals surface area contributed by atoms with E-state index in [1.165, 1.54) is 28.9 Å². The third kappa shape index (κ3) is 5.23. The number of anilines is 1. The fraction of sp³-hybridized carbons (Fsp3) is 0.458. The van der Waals surface area contributed by atoms with E-state index >= 15 is 0 Å². The number of hydrogen-bond acceptors (Lipinski definition) is 6. The molecule has 5 rings (SSSR count). The highest BCUT2D eigenvalue weighted by atomic mass is 19.4. The molecule has 0 radical (unpaired) electrons. The van der Waals surface area contributed by atoms with Gasteiger partial charge in [0.1, 0.15) is 11.3 Å². The number of carbonyl (C=O) groups excluding carboxylic acids is 1. The topological polar surface area (TPSA) is 92.6 Å². The number of nitrogens with one attached hydrogen (secondary N) is 3. The maximum Gasteiger partial charge on any atom is 0.416 e. The van der Waals surface area contributed by atoms with E-state index in [0.29, 0.717) is 6.54 Å². The average molecular weight is 527 g/mol. The number of alkyl halides is 3. The lowest BCUT2D eigenvalue weighted by atomic mass is 9.96. The minimum absolute atomic E-state index is 0.0617. The van der Waals surface area contributed by atoms with Crippen LogP contribution in [0.3, 0.4) is 0 Å². The number of pyridine rings is 2. The lowest BCUT2D eigenvalue weighted by Gasteiger charge is -2.42. The van der Waals surface area contributed by atoms with Crippen LogP contribution in [0.25, 0.3) is 17.0 Å². The van der Waals surface area contributed by atoms with E-state index in [9.17, 15) is 26.7 Å². The number of hydrogen-bond donors (Lipinski definition) is 3. The maximum absolute atomic E-state index is 14.7. The minimum Gasteiger partial charge on any atom is -0.376 e. The maximum atomic E-state index is 14.7. The molecule has 0 spiro atoms. The number of amides is 1. The van der Waals surface area contributed by atoms with Gasteiger partial charge in [0.05, 0.1) is 25.1 Å². The number of carbonyl (C=O) groups is 1. The van der Waals surface area contributed by atoms with Crippen molar-refractivity contribution in [1.29, 1.82) is 0 Å². The number of rotatable bonds is 5. The molecule has 0 aromatic carbocycles. The van der Waals surface area contributed by atoms with Gasteiger partial charge in [0.2, 0.25) is 0 Å². The zero-order valence-corrected chi connectivity index (χ0v) is 20.3. The Kier molecular flexibility index (Phi) is 7.64. The SMILES string of the molecule is CC.O=C(NC1(C(F)(F)F)COC1)c1ccn2c(-c3nc(NC4CCCNC4)c(F)cc3F)cnc2c1. The predicted octanol–water partition coefficient (Wildman–Crippen LogP) is 3.93. The quantitative estimate of drug-likeness (QED) is 0.437. The van der Waals surface area contributed by atoms with Crippen LogP contribution in [0.15, 0.2) is 30.6 Å². The van der Waals surface area contributed by atoms with Gasteiger partial charge in [0, 0.05) is 30.4 Å². The van der Waals surface area contributed by atoms with Crippen LogP contribution in [0.1, 0.15) is 37.0 Å². The summed E-state index contributed by atoms with van der Waals surface area (Å²) in [6.07, 6.45) is -0.288. The average Bonchev–Trinajstić information content (AvgIpc) is 3.27. The standard InChI is InChI=1S/C22H21F5N6O2.C2H6/c23-14-7-15(24)19(30-13-2-1-4-28-8-13)31-18(14)16-9-29-17-6-12(3-5-33(16)17)20(34)32-21(10-35-11-21)22(25,26)27;1-2/h3,5-7,9,13,28H,1-2,4,8,10-11H2,(H,30,31)(H,32,34);1-2H3. The van der Waals surface area contributed by atoms with Gasteiger partial charge < -0.3 is 20.7 Å². The van der Waals surface area contributed by atoms with Gasteiger partial charge in [-0.25, -0.2) is 18.7 Å². The van der Waals surface area contributed by atoms with Crippen LogP contribution in [0.4, 0.5) is 27.8 Å². The minimum atomic E-state index is -4.67. The van der Waals surface area contributed by atoms with Gasteiger partial charge >= 0.3 is 6.18 Å². The van der Waals surface area contributed by atoms with E-state index in [-0.39, 0.29) is 34.5 Å². The summed E-state index contributed by atoms with van der Waals surface area (Å²) in [5.41, 5.74) is -2.30. The molecule has 0 bridgehead atoms. The predicted molar refractivity (Wildman–Crippen MR) is 126 cm³/mol. The van der Waals surface area contributed by atoms with Gasteiger partial charge in [-0.15, -0.1) is 0 Å². The summed E-state index contributed by atoms with van der Waals surface area (Å²) < 4.78 is 75.2. The van der Waals surface area contributed by atoms with Crippen molar-refractivity contribution in [3.05, 3.63) is 47.8 Å². The van der Waals surface area contributed by atoms with Crippen LogP contribution >= 0.6 is 0 Å². The molecule has 3 aromatic heterocycles. The second-order valence-electron chi connectivity index (χ2n) is 8.65. The zero-order valence-electron chi connectivity index (χ0n) is 20.3. The van der Waals surface area contributed by atoms with Crippen molar-refractivity contribution in [3.63, 3.8) is 0 Å². The first-order chi connectivity index (χ1) is 17.7. The molecule has 0 aliphatic carbocycles. The van der Waals surface area contributed by atoms with Crippen LogP contribution in [-0.4, -0.2) is 64.3 Å². The molecule has 2 aliphatic heterocycles. The molecule has 37 heavy (non-hydrogen) atoms. The molecular weight excluding hydrogens is 499 g/mol. The first-order valence-corrected chi connectivity index (χ1v) is 11.9. The van der Waals surface area contributed by atoms with Gasteiger partial charge in [-0.05, 0) is 31.5 Å². The van der Waals surface area contributed by atoms with Crippen LogP contribution in [-0.2, 0) is 4.74 Å². The summed E-state index contributed by atoms with van der Waals surface area (Å²) in [5.74, 6) is -2.78. The lowest BCUT2D eigenvalue weighted by molar-refractivity contribution is -0.263. The van der Waals surface area contributed by atoms with Crippen molar-refractivity contribution in [3.8, 4) is 11.4 Å². The molecule has 0 saturated carbocycles. The van der Waals surface area contributed by atoms with Gasteiger partial charge in [0.25, 0.3) is 5.91 Å². The molecule has 2 fully saturated rings. The van der Waals surface area contributed by atoms with Crippen molar-refractivity contribution in [2.24, 2.45) is 0 Å². The number of halogens is 5. The summed E-state index contributed by atoms with van der Waals surface area (Å²) in [6.45, 7) is 4.16. The lowest BCUT2D eigenvalue weighted by Crippen LogP contribution is -2.70. The van der Waals surface area contributed by atoms with E-state index < -0.39 is 42.5 Å². The molecule has 1 unspecified atom stereocenters. The van der Waals surface area contributed by atoms with Gasteiger partial charge in [-0.2, -0.15) is 13.2 Å². The summed E-state index contributed by atoms with van der Waals surface area (Å²) in [6, 6.07) is 3.23. The third-order valence-corrected chi connectivity index (χ3v) is 6.18. The summed E-state index contributed by atoms with van der Waals surface area (Å²) in [5, 5.41) is 8.19. The summed E-state index contributed by atoms with van der Waals surface area (Å²) in [7, 11) is 0. The van der Waals surface area contributed by atoms with Gasteiger partial charge in [-0.3, -0.25) is 9.20 Å². The zero-order chi connectivity index (χ0) is 26.8. The van der Waals surface area contributed by atoms with Crippen LogP contribution in [0.5, 0.6) is 0 Å². The van der Waals surface area contributed by atoms with Crippen molar-refractivity contribution in [2.45, 2.75) is 44.4 Å². The van der Waals surface area contributed by atoms with E-state index in [4.69, 9.17) is 0 Å². The molecule has 1 atom stereocenters. The molecule has 3 N–H and O–H groups in total. The Bertz CT molecular complexity index is 1270. The number of piperidine rings is 1. The number of imidazole rings is 1. The summed E-state index contributed by atoms with van der Waals surface area (Å²) >= 11 is 0. The Morgan fingerprint density at radius 1 is 1.22 bits per heavy atom.